The van der Waals surface area contributed by atoms with Crippen molar-refractivity contribution in [2.24, 2.45) is 5.41 Å². The molecule has 0 aromatic heterocycles. The van der Waals surface area contributed by atoms with E-state index in [9.17, 15) is 9.18 Å². The van der Waals surface area contributed by atoms with E-state index >= 15 is 0 Å². The molecule has 19 heavy (non-hydrogen) atoms. The van der Waals surface area contributed by atoms with E-state index in [0.717, 1.165) is 24.8 Å². The maximum Gasteiger partial charge on any atom is 0.312 e. The lowest BCUT2D eigenvalue weighted by Gasteiger charge is -2.58. The van der Waals surface area contributed by atoms with E-state index < -0.39 is 5.41 Å². The van der Waals surface area contributed by atoms with Gasteiger partial charge in [0.25, 0.3) is 0 Å². The Morgan fingerprint density at radius 1 is 1.26 bits per heavy atom. The van der Waals surface area contributed by atoms with Crippen LogP contribution in [-0.4, -0.2) is 26.3 Å². The van der Waals surface area contributed by atoms with Gasteiger partial charge in [0, 0.05) is 0 Å². The Hall–Kier alpha value is -1.42. The number of benzene rings is 1. The molecule has 2 aliphatic rings. The molecule has 0 amide bonds. The number of esters is 1. The smallest absolute Gasteiger partial charge is 0.312 e. The molecule has 1 aliphatic heterocycles. The van der Waals surface area contributed by atoms with Crippen LogP contribution in [0.25, 0.3) is 0 Å². The average molecular weight is 264 g/mol. The normalized spacial score (nSPS) is 23.1. The van der Waals surface area contributed by atoms with Crippen LogP contribution in [0.5, 0.6) is 0 Å². The lowest BCUT2D eigenvalue weighted by molar-refractivity contribution is -0.195. The van der Waals surface area contributed by atoms with Crippen LogP contribution in [0.1, 0.15) is 24.8 Å². The fourth-order valence-corrected chi connectivity index (χ4v) is 3.40. The summed E-state index contributed by atoms with van der Waals surface area (Å²) in [6.07, 6.45) is 2.67. The standard InChI is InChI=1S/C15H17FO3/c1-18-13(17)14(7-2-8-14)15(9-19-10-15)11-3-5-12(16)6-4-11/h3-6H,2,7-10H2,1H3. The first-order valence-electron chi connectivity index (χ1n) is 6.57. The van der Waals surface area contributed by atoms with Gasteiger partial charge in [-0.05, 0) is 30.5 Å². The van der Waals surface area contributed by atoms with Crippen molar-refractivity contribution in [2.75, 3.05) is 20.3 Å². The lowest BCUT2D eigenvalue weighted by Crippen LogP contribution is -2.65. The van der Waals surface area contributed by atoms with Crippen LogP contribution in [-0.2, 0) is 19.7 Å². The number of carbonyl (C=O) groups is 1. The van der Waals surface area contributed by atoms with Crippen molar-refractivity contribution in [1.82, 2.24) is 0 Å². The van der Waals surface area contributed by atoms with Gasteiger partial charge in [-0.3, -0.25) is 4.79 Å². The van der Waals surface area contributed by atoms with Gasteiger partial charge in [0.05, 0.1) is 31.2 Å². The first kappa shape index (κ1) is 12.6. The third kappa shape index (κ3) is 1.56. The first-order chi connectivity index (χ1) is 9.14. The Labute approximate surface area is 111 Å². The summed E-state index contributed by atoms with van der Waals surface area (Å²) < 4.78 is 23.5. The van der Waals surface area contributed by atoms with Crippen LogP contribution in [0, 0.1) is 11.2 Å². The van der Waals surface area contributed by atoms with Gasteiger partial charge >= 0.3 is 5.97 Å². The number of halogens is 1. The van der Waals surface area contributed by atoms with E-state index in [2.05, 4.69) is 0 Å². The molecule has 0 bridgehead atoms. The van der Waals surface area contributed by atoms with Gasteiger partial charge in [-0.15, -0.1) is 0 Å². The number of hydrogen-bond donors (Lipinski definition) is 0. The van der Waals surface area contributed by atoms with Crippen molar-refractivity contribution in [1.29, 1.82) is 0 Å². The minimum absolute atomic E-state index is 0.161. The molecule has 1 aromatic rings. The van der Waals surface area contributed by atoms with Crippen LogP contribution in [0.4, 0.5) is 4.39 Å². The highest BCUT2D eigenvalue weighted by Crippen LogP contribution is 2.59. The van der Waals surface area contributed by atoms with Gasteiger partial charge in [0.2, 0.25) is 0 Å². The largest absolute Gasteiger partial charge is 0.469 e. The van der Waals surface area contributed by atoms with Crippen LogP contribution >= 0.6 is 0 Å². The zero-order valence-electron chi connectivity index (χ0n) is 10.9. The third-order valence-corrected chi connectivity index (χ3v) is 4.79. The molecule has 2 fully saturated rings. The minimum atomic E-state index is -0.488. The highest BCUT2D eigenvalue weighted by atomic mass is 19.1. The van der Waals surface area contributed by atoms with E-state index in [-0.39, 0.29) is 17.2 Å². The van der Waals surface area contributed by atoms with E-state index in [1.165, 1.54) is 19.2 Å². The lowest BCUT2D eigenvalue weighted by atomic mass is 9.49. The van der Waals surface area contributed by atoms with Gasteiger partial charge in [-0.2, -0.15) is 0 Å². The average Bonchev–Trinajstić information content (AvgIpc) is 2.32. The summed E-state index contributed by atoms with van der Waals surface area (Å²) in [5.74, 6) is -0.425. The summed E-state index contributed by atoms with van der Waals surface area (Å²) in [6.45, 7) is 1.02. The van der Waals surface area contributed by atoms with Crippen molar-refractivity contribution in [3.05, 3.63) is 35.6 Å². The number of rotatable bonds is 3. The number of methoxy groups -OCH3 is 1. The second-order valence-electron chi connectivity index (χ2n) is 5.51. The highest BCUT2D eigenvalue weighted by molar-refractivity contribution is 5.80. The van der Waals surface area contributed by atoms with Crippen molar-refractivity contribution in [3.8, 4) is 0 Å². The quantitative estimate of drug-likeness (QED) is 0.787. The molecular weight excluding hydrogens is 247 g/mol. The summed E-state index contributed by atoms with van der Waals surface area (Å²) in [5, 5.41) is 0. The van der Waals surface area contributed by atoms with Gasteiger partial charge in [0.15, 0.2) is 0 Å². The van der Waals surface area contributed by atoms with Gasteiger partial charge in [-0.1, -0.05) is 18.6 Å². The van der Waals surface area contributed by atoms with Crippen LogP contribution in [0.2, 0.25) is 0 Å². The van der Waals surface area contributed by atoms with Crippen LogP contribution in [0.3, 0.4) is 0 Å². The summed E-state index contributed by atoms with van der Waals surface area (Å²) in [6, 6.07) is 6.42. The Kier molecular flexibility index (Phi) is 2.86. The summed E-state index contributed by atoms with van der Waals surface area (Å²) in [5.41, 5.74) is 0.148. The molecule has 1 heterocycles. The Balaban J connectivity index is 2.03. The van der Waals surface area contributed by atoms with Gasteiger partial charge < -0.3 is 9.47 Å². The molecule has 3 rings (SSSR count). The molecule has 0 N–H and O–H groups in total. The number of hydrogen-bond acceptors (Lipinski definition) is 3. The fourth-order valence-electron chi connectivity index (χ4n) is 3.40. The predicted octanol–water partition coefficient (Wildman–Crippen LogP) is 2.44. The van der Waals surface area contributed by atoms with Crippen molar-refractivity contribution < 1.29 is 18.7 Å². The van der Waals surface area contributed by atoms with Gasteiger partial charge in [-0.25, -0.2) is 4.39 Å². The molecule has 0 spiro atoms. The molecule has 1 saturated carbocycles. The van der Waals surface area contributed by atoms with E-state index in [0.29, 0.717) is 13.2 Å². The molecule has 1 aliphatic carbocycles. The van der Waals surface area contributed by atoms with Crippen LogP contribution in [0.15, 0.2) is 24.3 Å². The molecule has 102 valence electrons. The van der Waals surface area contributed by atoms with Crippen molar-refractivity contribution in [3.63, 3.8) is 0 Å². The SMILES string of the molecule is COC(=O)C1(C2(c3ccc(F)cc3)COC2)CCC1. The predicted molar refractivity (Wildman–Crippen MR) is 67.2 cm³/mol. The zero-order chi connectivity index (χ0) is 13.5. The molecule has 4 heteroatoms. The second kappa shape index (κ2) is 4.30. The molecule has 0 unspecified atom stereocenters. The molecule has 0 atom stereocenters. The Bertz CT molecular complexity index is 487. The molecule has 0 radical (unpaired) electrons. The molecule has 1 saturated heterocycles. The highest BCUT2D eigenvalue weighted by Gasteiger charge is 2.64. The fraction of sp³-hybridized carbons (Fsp3) is 0.533. The molecule has 1 aromatic carbocycles. The van der Waals surface area contributed by atoms with E-state index in [4.69, 9.17) is 9.47 Å². The Morgan fingerprint density at radius 2 is 1.89 bits per heavy atom. The number of ether oxygens (including phenoxy) is 2. The Morgan fingerprint density at radius 3 is 2.26 bits per heavy atom. The first-order valence-corrected chi connectivity index (χ1v) is 6.57. The zero-order valence-corrected chi connectivity index (χ0v) is 10.9. The summed E-state index contributed by atoms with van der Waals surface area (Å²) >= 11 is 0. The topological polar surface area (TPSA) is 35.5 Å². The summed E-state index contributed by atoms with van der Waals surface area (Å²) in [4.78, 5) is 12.2. The third-order valence-electron chi connectivity index (χ3n) is 4.79. The van der Waals surface area contributed by atoms with E-state index in [1.54, 1.807) is 12.1 Å². The molecular formula is C15H17FO3. The minimum Gasteiger partial charge on any atom is -0.469 e. The van der Waals surface area contributed by atoms with E-state index in [1.807, 2.05) is 0 Å². The maximum absolute atomic E-state index is 13.1. The van der Waals surface area contributed by atoms with Crippen molar-refractivity contribution >= 4 is 5.97 Å². The van der Waals surface area contributed by atoms with Crippen LogP contribution < -0.4 is 0 Å². The summed E-state index contributed by atoms with van der Waals surface area (Å²) in [7, 11) is 1.43. The van der Waals surface area contributed by atoms with Gasteiger partial charge in [0.1, 0.15) is 5.82 Å². The monoisotopic (exact) mass is 264 g/mol. The molecule has 3 nitrogen and oxygen atoms in total. The second-order valence-corrected chi connectivity index (χ2v) is 5.51. The number of carbonyl (C=O) groups excluding carboxylic acids is 1. The van der Waals surface area contributed by atoms with Crippen molar-refractivity contribution in [2.45, 2.75) is 24.7 Å². The maximum atomic E-state index is 13.1.